The molecule has 0 bridgehead atoms. The van der Waals surface area contributed by atoms with Crippen LogP contribution in [0.1, 0.15) is 0 Å². The summed E-state index contributed by atoms with van der Waals surface area (Å²) in [6.45, 7) is 0.426. The second-order valence-corrected chi connectivity index (χ2v) is 8.22. The molecule has 0 spiro atoms. The number of hydrogen-bond donors (Lipinski definition) is 0. The molecular weight excluding hydrogens is 373 g/mol. The minimum absolute atomic E-state index is 0.0801. The van der Waals surface area contributed by atoms with Gasteiger partial charge in [-0.05, 0) is 30.3 Å². The number of hydrogen-bond acceptors (Lipinski definition) is 4. The van der Waals surface area contributed by atoms with Crippen molar-refractivity contribution >= 4 is 33.2 Å². The molecule has 2 aromatic rings. The third-order valence-electron chi connectivity index (χ3n) is 3.63. The van der Waals surface area contributed by atoms with E-state index >= 15 is 0 Å². The van der Waals surface area contributed by atoms with Crippen molar-refractivity contribution in [1.82, 2.24) is 4.31 Å². The molecule has 0 saturated carbocycles. The molecule has 1 aliphatic rings. The minimum Gasteiger partial charge on any atom is -0.486 e. The highest BCUT2D eigenvalue weighted by Crippen LogP contribution is 2.31. The Balaban J connectivity index is 1.74. The van der Waals surface area contributed by atoms with Gasteiger partial charge in [-0.3, -0.25) is 0 Å². The molecule has 0 N–H and O–H groups in total. The van der Waals surface area contributed by atoms with Crippen molar-refractivity contribution in [3.63, 3.8) is 0 Å². The van der Waals surface area contributed by atoms with E-state index in [0.717, 1.165) is 0 Å². The standard InChI is InChI=1S/C16H15Cl2NO4S/c1-19(24(20,21)12-6-7-13(17)14(18)8-12)9-11-10-22-15-4-2-3-5-16(15)23-11/h2-8,11H,9-10H2,1H3. The van der Waals surface area contributed by atoms with Gasteiger partial charge < -0.3 is 9.47 Å². The van der Waals surface area contributed by atoms with E-state index in [-0.39, 0.29) is 23.1 Å². The Labute approximate surface area is 150 Å². The van der Waals surface area contributed by atoms with Crippen LogP contribution < -0.4 is 9.47 Å². The molecule has 1 heterocycles. The predicted molar refractivity (Wildman–Crippen MR) is 92.6 cm³/mol. The largest absolute Gasteiger partial charge is 0.486 e. The second kappa shape index (κ2) is 6.80. The summed E-state index contributed by atoms with van der Waals surface area (Å²) in [6.07, 6.45) is -0.401. The molecule has 3 rings (SSSR count). The molecule has 0 aliphatic carbocycles. The van der Waals surface area contributed by atoms with E-state index in [0.29, 0.717) is 16.5 Å². The topological polar surface area (TPSA) is 55.8 Å². The molecule has 8 heteroatoms. The third kappa shape index (κ3) is 3.47. The van der Waals surface area contributed by atoms with Crippen molar-refractivity contribution in [3.8, 4) is 11.5 Å². The molecule has 0 radical (unpaired) electrons. The maximum Gasteiger partial charge on any atom is 0.242 e. The van der Waals surface area contributed by atoms with Crippen LogP contribution in [0, 0.1) is 0 Å². The number of sulfonamides is 1. The lowest BCUT2D eigenvalue weighted by molar-refractivity contribution is 0.0798. The van der Waals surface area contributed by atoms with Crippen LogP contribution in [0.15, 0.2) is 47.4 Å². The van der Waals surface area contributed by atoms with Crippen molar-refractivity contribution in [2.45, 2.75) is 11.0 Å². The zero-order chi connectivity index (χ0) is 17.3. The monoisotopic (exact) mass is 387 g/mol. The van der Waals surface area contributed by atoms with Gasteiger partial charge in [-0.1, -0.05) is 35.3 Å². The molecule has 1 unspecified atom stereocenters. The smallest absolute Gasteiger partial charge is 0.242 e. The average Bonchev–Trinajstić information content (AvgIpc) is 2.57. The molecule has 128 valence electrons. The first-order chi connectivity index (χ1) is 11.4. The van der Waals surface area contributed by atoms with Gasteiger partial charge in [0.05, 0.1) is 21.5 Å². The van der Waals surface area contributed by atoms with Gasteiger partial charge in [-0.25, -0.2) is 8.42 Å². The van der Waals surface area contributed by atoms with Crippen LogP contribution in [0.4, 0.5) is 0 Å². The molecule has 0 fully saturated rings. The van der Waals surface area contributed by atoms with Gasteiger partial charge in [-0.2, -0.15) is 4.31 Å². The zero-order valence-electron chi connectivity index (χ0n) is 12.8. The summed E-state index contributed by atoms with van der Waals surface area (Å²) >= 11 is 11.7. The maximum atomic E-state index is 12.6. The van der Waals surface area contributed by atoms with Crippen molar-refractivity contribution in [2.75, 3.05) is 20.2 Å². The second-order valence-electron chi connectivity index (χ2n) is 5.36. The molecule has 0 aromatic heterocycles. The van der Waals surface area contributed by atoms with Crippen LogP contribution in [-0.2, 0) is 10.0 Å². The van der Waals surface area contributed by atoms with Crippen molar-refractivity contribution in [1.29, 1.82) is 0 Å². The molecule has 1 aliphatic heterocycles. The highest BCUT2D eigenvalue weighted by Gasteiger charge is 2.28. The molecule has 0 saturated heterocycles. The Morgan fingerprint density at radius 2 is 1.83 bits per heavy atom. The van der Waals surface area contributed by atoms with E-state index < -0.39 is 16.1 Å². The van der Waals surface area contributed by atoms with Crippen molar-refractivity contribution < 1.29 is 17.9 Å². The van der Waals surface area contributed by atoms with Gasteiger partial charge in [0.15, 0.2) is 11.5 Å². The number of nitrogens with zero attached hydrogens (tertiary/aromatic N) is 1. The van der Waals surface area contributed by atoms with Gasteiger partial charge in [0.1, 0.15) is 12.7 Å². The summed E-state index contributed by atoms with van der Waals surface area (Å²) in [5.74, 6) is 1.26. The summed E-state index contributed by atoms with van der Waals surface area (Å²) in [4.78, 5) is 0.0801. The van der Waals surface area contributed by atoms with Crippen LogP contribution in [0.5, 0.6) is 11.5 Å². The Bertz CT molecular complexity index is 857. The molecule has 5 nitrogen and oxygen atoms in total. The molecule has 24 heavy (non-hydrogen) atoms. The van der Waals surface area contributed by atoms with Crippen LogP contribution >= 0.6 is 23.2 Å². The zero-order valence-corrected chi connectivity index (χ0v) is 15.1. The summed E-state index contributed by atoms with van der Waals surface area (Å²) in [5.41, 5.74) is 0. The van der Waals surface area contributed by atoms with E-state index in [1.54, 1.807) is 6.07 Å². The first-order valence-electron chi connectivity index (χ1n) is 7.18. The Morgan fingerprint density at radius 3 is 2.54 bits per heavy atom. The Morgan fingerprint density at radius 1 is 1.12 bits per heavy atom. The number of fused-ring (bicyclic) bond motifs is 1. The Kier molecular flexibility index (Phi) is 4.92. The highest BCUT2D eigenvalue weighted by atomic mass is 35.5. The van der Waals surface area contributed by atoms with Gasteiger partial charge in [0, 0.05) is 7.05 Å². The van der Waals surface area contributed by atoms with Gasteiger partial charge in [-0.15, -0.1) is 0 Å². The summed E-state index contributed by atoms with van der Waals surface area (Å²) in [5, 5.41) is 0.496. The third-order valence-corrected chi connectivity index (χ3v) is 6.19. The number of rotatable bonds is 4. The summed E-state index contributed by atoms with van der Waals surface area (Å²) < 4.78 is 37.9. The number of para-hydroxylation sites is 2. The van der Waals surface area contributed by atoms with E-state index in [4.69, 9.17) is 32.7 Å². The Hall–Kier alpha value is -1.47. The number of benzene rings is 2. The van der Waals surface area contributed by atoms with Crippen molar-refractivity contribution in [3.05, 3.63) is 52.5 Å². The van der Waals surface area contributed by atoms with Crippen LogP contribution in [-0.4, -0.2) is 39.0 Å². The number of ether oxygens (including phenoxy) is 2. The predicted octanol–water partition coefficient (Wildman–Crippen LogP) is 3.45. The van der Waals surface area contributed by atoms with E-state index in [1.165, 1.54) is 29.6 Å². The summed E-state index contributed by atoms with van der Waals surface area (Å²) in [7, 11) is -2.21. The first-order valence-corrected chi connectivity index (χ1v) is 9.37. The molecule has 0 amide bonds. The van der Waals surface area contributed by atoms with Crippen LogP contribution in [0.3, 0.4) is 0 Å². The number of halogens is 2. The average molecular weight is 388 g/mol. The highest BCUT2D eigenvalue weighted by molar-refractivity contribution is 7.89. The van der Waals surface area contributed by atoms with Crippen LogP contribution in [0.2, 0.25) is 10.0 Å². The van der Waals surface area contributed by atoms with E-state index in [2.05, 4.69) is 0 Å². The molecular formula is C16H15Cl2NO4S. The van der Waals surface area contributed by atoms with Gasteiger partial charge >= 0.3 is 0 Å². The minimum atomic E-state index is -3.70. The van der Waals surface area contributed by atoms with Gasteiger partial charge in [0.25, 0.3) is 0 Å². The SMILES string of the molecule is CN(CC1COc2ccccc2O1)S(=O)(=O)c1ccc(Cl)c(Cl)c1. The normalized spacial score (nSPS) is 17.1. The lowest BCUT2D eigenvalue weighted by atomic mass is 10.2. The lowest BCUT2D eigenvalue weighted by Crippen LogP contribution is -2.41. The quantitative estimate of drug-likeness (QED) is 0.805. The first kappa shape index (κ1) is 17.4. The van der Waals surface area contributed by atoms with Crippen LogP contribution in [0.25, 0.3) is 0 Å². The summed E-state index contributed by atoms with van der Waals surface area (Å²) in [6, 6.07) is 11.5. The number of likely N-dealkylation sites (N-methyl/N-ethyl adjacent to an activating group) is 1. The fraction of sp³-hybridized carbons (Fsp3) is 0.250. The molecule has 2 aromatic carbocycles. The lowest BCUT2D eigenvalue weighted by Gasteiger charge is -2.29. The van der Waals surface area contributed by atoms with E-state index in [9.17, 15) is 8.42 Å². The van der Waals surface area contributed by atoms with Gasteiger partial charge in [0.2, 0.25) is 10.0 Å². The maximum absolute atomic E-state index is 12.6. The molecule has 1 atom stereocenters. The fourth-order valence-corrected chi connectivity index (χ4v) is 3.95. The fourth-order valence-electron chi connectivity index (χ4n) is 2.36. The van der Waals surface area contributed by atoms with Crippen molar-refractivity contribution in [2.24, 2.45) is 0 Å². The van der Waals surface area contributed by atoms with E-state index in [1.807, 2.05) is 18.2 Å².